The number of ether oxygens (including phenoxy) is 1. The Labute approximate surface area is 105 Å². The first-order chi connectivity index (χ1) is 8.06. The molecule has 0 bridgehead atoms. The molecule has 1 aromatic heterocycles. The standard InChI is InChI=1S/C11H10BrFN2O2/c1-2-17-11(16)8-7-6(13)4-3-5(12)9(7)15-10(8)14/h3-4,15H,2,14H2,1H3. The molecule has 0 fully saturated rings. The molecule has 2 rings (SSSR count). The molecule has 0 unspecified atom stereocenters. The number of fused-ring (bicyclic) bond motifs is 1. The Morgan fingerprint density at radius 2 is 2.29 bits per heavy atom. The van der Waals surface area contributed by atoms with Crippen molar-refractivity contribution < 1.29 is 13.9 Å². The van der Waals surface area contributed by atoms with E-state index >= 15 is 0 Å². The Kier molecular flexibility index (Phi) is 3.06. The van der Waals surface area contributed by atoms with Crippen molar-refractivity contribution in [2.45, 2.75) is 6.92 Å². The highest BCUT2D eigenvalue weighted by Crippen LogP contribution is 2.32. The summed E-state index contributed by atoms with van der Waals surface area (Å²) in [6.07, 6.45) is 0. The number of aromatic amines is 1. The van der Waals surface area contributed by atoms with Gasteiger partial charge in [-0.2, -0.15) is 0 Å². The molecule has 1 heterocycles. The summed E-state index contributed by atoms with van der Waals surface area (Å²) in [7, 11) is 0. The lowest BCUT2D eigenvalue weighted by Crippen LogP contribution is -2.07. The van der Waals surface area contributed by atoms with Gasteiger partial charge in [-0.25, -0.2) is 9.18 Å². The lowest BCUT2D eigenvalue weighted by atomic mass is 10.1. The van der Waals surface area contributed by atoms with Gasteiger partial charge >= 0.3 is 5.97 Å². The number of aromatic nitrogens is 1. The zero-order valence-electron chi connectivity index (χ0n) is 9.01. The third-order valence-corrected chi connectivity index (χ3v) is 3.02. The van der Waals surface area contributed by atoms with E-state index in [9.17, 15) is 9.18 Å². The van der Waals surface area contributed by atoms with E-state index in [0.29, 0.717) is 9.99 Å². The molecule has 0 spiro atoms. The van der Waals surface area contributed by atoms with Crippen LogP contribution in [0.5, 0.6) is 0 Å². The summed E-state index contributed by atoms with van der Waals surface area (Å²) in [6, 6.07) is 2.81. The molecule has 0 radical (unpaired) electrons. The number of hydrogen-bond donors (Lipinski definition) is 2. The van der Waals surface area contributed by atoms with Crippen molar-refractivity contribution in [1.82, 2.24) is 4.98 Å². The van der Waals surface area contributed by atoms with E-state index < -0.39 is 11.8 Å². The summed E-state index contributed by atoms with van der Waals surface area (Å²) in [5, 5.41) is 0.148. The summed E-state index contributed by atoms with van der Waals surface area (Å²) in [6.45, 7) is 1.88. The second kappa shape index (κ2) is 4.37. The lowest BCUT2D eigenvalue weighted by Gasteiger charge is -2.02. The second-order valence-corrected chi connectivity index (χ2v) is 4.27. The number of carbonyl (C=O) groups is 1. The zero-order valence-corrected chi connectivity index (χ0v) is 10.6. The molecule has 0 aliphatic rings. The largest absolute Gasteiger partial charge is 0.462 e. The number of hydrogen-bond acceptors (Lipinski definition) is 3. The van der Waals surface area contributed by atoms with Crippen molar-refractivity contribution >= 4 is 38.6 Å². The Hall–Kier alpha value is -1.56. The minimum absolute atomic E-state index is 0.0423. The molecular formula is C11H10BrFN2O2. The fourth-order valence-electron chi connectivity index (χ4n) is 1.67. The van der Waals surface area contributed by atoms with Crippen molar-refractivity contribution in [3.05, 3.63) is 28.0 Å². The van der Waals surface area contributed by atoms with Crippen molar-refractivity contribution in [1.29, 1.82) is 0 Å². The predicted octanol–water partition coefficient (Wildman–Crippen LogP) is 2.83. The Morgan fingerprint density at radius 3 is 2.94 bits per heavy atom. The van der Waals surface area contributed by atoms with Crippen molar-refractivity contribution in [3.63, 3.8) is 0 Å². The minimum Gasteiger partial charge on any atom is -0.462 e. The number of anilines is 1. The van der Waals surface area contributed by atoms with E-state index in [1.54, 1.807) is 13.0 Å². The molecule has 17 heavy (non-hydrogen) atoms. The molecule has 0 saturated carbocycles. The van der Waals surface area contributed by atoms with Crippen LogP contribution in [0.15, 0.2) is 16.6 Å². The van der Waals surface area contributed by atoms with Gasteiger partial charge in [0, 0.05) is 4.47 Å². The highest BCUT2D eigenvalue weighted by molar-refractivity contribution is 9.10. The van der Waals surface area contributed by atoms with Gasteiger partial charge < -0.3 is 15.5 Å². The Bertz CT molecular complexity index is 595. The SMILES string of the molecule is CCOC(=O)c1c(N)[nH]c2c(Br)ccc(F)c12. The highest BCUT2D eigenvalue weighted by atomic mass is 79.9. The van der Waals surface area contributed by atoms with Crippen LogP contribution in [0.2, 0.25) is 0 Å². The van der Waals surface area contributed by atoms with Gasteiger partial charge in [-0.1, -0.05) is 0 Å². The third-order valence-electron chi connectivity index (χ3n) is 2.36. The molecule has 2 aromatic rings. The van der Waals surface area contributed by atoms with Crippen LogP contribution in [-0.2, 0) is 4.74 Å². The molecule has 4 nitrogen and oxygen atoms in total. The van der Waals surface area contributed by atoms with Crippen LogP contribution < -0.4 is 5.73 Å². The number of nitrogens with two attached hydrogens (primary N) is 1. The van der Waals surface area contributed by atoms with E-state index in [0.717, 1.165) is 0 Å². The number of carbonyl (C=O) groups excluding carboxylic acids is 1. The highest BCUT2D eigenvalue weighted by Gasteiger charge is 2.22. The van der Waals surface area contributed by atoms with Crippen molar-refractivity contribution in [3.8, 4) is 0 Å². The van der Waals surface area contributed by atoms with Crippen LogP contribution in [-0.4, -0.2) is 17.6 Å². The molecule has 6 heteroatoms. The molecule has 0 atom stereocenters. The zero-order chi connectivity index (χ0) is 12.6. The van der Waals surface area contributed by atoms with Gasteiger partial charge in [0.1, 0.15) is 17.2 Å². The number of nitrogen functional groups attached to an aromatic ring is 1. The minimum atomic E-state index is -0.631. The average Bonchev–Trinajstić information content (AvgIpc) is 2.63. The Morgan fingerprint density at radius 1 is 1.59 bits per heavy atom. The van der Waals surface area contributed by atoms with Gasteiger partial charge in [-0.3, -0.25) is 0 Å². The van der Waals surface area contributed by atoms with E-state index in [4.69, 9.17) is 10.5 Å². The summed E-state index contributed by atoms with van der Waals surface area (Å²) in [4.78, 5) is 14.5. The maximum Gasteiger partial charge on any atom is 0.342 e. The van der Waals surface area contributed by atoms with Crippen LogP contribution in [0.1, 0.15) is 17.3 Å². The number of rotatable bonds is 2. The first kappa shape index (κ1) is 11.9. The average molecular weight is 301 g/mol. The maximum atomic E-state index is 13.7. The van der Waals surface area contributed by atoms with Crippen molar-refractivity contribution in [2.24, 2.45) is 0 Å². The van der Waals surface area contributed by atoms with Gasteiger partial charge in [0.15, 0.2) is 0 Å². The first-order valence-corrected chi connectivity index (χ1v) is 5.77. The smallest absolute Gasteiger partial charge is 0.342 e. The van der Waals surface area contributed by atoms with Gasteiger partial charge in [0.25, 0.3) is 0 Å². The van der Waals surface area contributed by atoms with E-state index in [1.165, 1.54) is 6.07 Å². The summed E-state index contributed by atoms with van der Waals surface area (Å²) in [5.74, 6) is -1.04. The molecule has 3 N–H and O–H groups in total. The molecule has 1 aromatic carbocycles. The fraction of sp³-hybridized carbons (Fsp3) is 0.182. The number of esters is 1. The molecule has 0 saturated heterocycles. The second-order valence-electron chi connectivity index (χ2n) is 3.41. The van der Waals surface area contributed by atoms with Crippen LogP contribution in [0.4, 0.5) is 10.2 Å². The molecule has 0 aliphatic heterocycles. The van der Waals surface area contributed by atoms with E-state index in [1.807, 2.05) is 0 Å². The lowest BCUT2D eigenvalue weighted by molar-refractivity contribution is 0.0529. The molecule has 0 amide bonds. The summed E-state index contributed by atoms with van der Waals surface area (Å²) >= 11 is 3.26. The van der Waals surface area contributed by atoms with Crippen LogP contribution >= 0.6 is 15.9 Å². The monoisotopic (exact) mass is 300 g/mol. The summed E-state index contributed by atoms with van der Waals surface area (Å²) < 4.78 is 19.2. The Balaban J connectivity index is 2.74. The normalized spacial score (nSPS) is 10.8. The number of benzene rings is 1. The van der Waals surface area contributed by atoms with Gasteiger partial charge in [-0.15, -0.1) is 0 Å². The van der Waals surface area contributed by atoms with Crippen LogP contribution in [0.25, 0.3) is 10.9 Å². The van der Waals surface area contributed by atoms with Crippen molar-refractivity contribution in [2.75, 3.05) is 12.3 Å². The number of nitrogens with one attached hydrogen (secondary N) is 1. The van der Waals surface area contributed by atoms with E-state index in [2.05, 4.69) is 20.9 Å². The molecule has 90 valence electrons. The number of halogens is 2. The molecule has 0 aliphatic carbocycles. The maximum absolute atomic E-state index is 13.7. The fourth-order valence-corrected chi connectivity index (χ4v) is 2.10. The molecular weight excluding hydrogens is 291 g/mol. The van der Waals surface area contributed by atoms with E-state index in [-0.39, 0.29) is 23.4 Å². The summed E-state index contributed by atoms with van der Waals surface area (Å²) in [5.41, 5.74) is 6.17. The van der Waals surface area contributed by atoms with Gasteiger partial charge in [-0.05, 0) is 35.0 Å². The number of H-pyrrole nitrogens is 1. The van der Waals surface area contributed by atoms with Gasteiger partial charge in [0.05, 0.1) is 17.5 Å². The van der Waals surface area contributed by atoms with Crippen LogP contribution in [0.3, 0.4) is 0 Å². The third kappa shape index (κ3) is 1.88. The first-order valence-electron chi connectivity index (χ1n) is 4.98. The quantitative estimate of drug-likeness (QED) is 0.838. The topological polar surface area (TPSA) is 68.1 Å². The predicted molar refractivity (Wildman–Crippen MR) is 66.3 cm³/mol. The van der Waals surface area contributed by atoms with Crippen LogP contribution in [0, 0.1) is 5.82 Å². The van der Waals surface area contributed by atoms with Gasteiger partial charge in [0.2, 0.25) is 0 Å².